The lowest BCUT2D eigenvalue weighted by Gasteiger charge is -2.19. The molecule has 0 saturated heterocycles. The van der Waals surface area contributed by atoms with Crippen LogP contribution in [0.15, 0.2) is 24.4 Å². The van der Waals surface area contributed by atoms with E-state index in [4.69, 9.17) is 27.9 Å². The van der Waals surface area contributed by atoms with E-state index in [0.29, 0.717) is 29.6 Å². The predicted molar refractivity (Wildman–Crippen MR) is 103 cm³/mol. The van der Waals surface area contributed by atoms with Crippen molar-refractivity contribution in [3.63, 3.8) is 0 Å². The Hall–Kier alpha value is -1.78. The number of hydrogen-bond acceptors (Lipinski definition) is 3. The summed E-state index contributed by atoms with van der Waals surface area (Å²) in [5.41, 5.74) is 4.03. The summed E-state index contributed by atoms with van der Waals surface area (Å²) in [7, 11) is 3.40. The topological polar surface area (TPSA) is 42.4 Å². The standard InChI is InChI=1S/C19H22Cl2N2O2/c1-5-25-18-13(8-9-20)10-15(21)12(2)17(18)14-6-7-16(22-11-14)19(24)23(3)4/h6-7,10-11H,5,8-9H2,1-4H3. The van der Waals surface area contributed by atoms with Crippen LogP contribution in [0.2, 0.25) is 5.02 Å². The van der Waals surface area contributed by atoms with E-state index >= 15 is 0 Å². The molecule has 0 bridgehead atoms. The van der Waals surface area contributed by atoms with E-state index in [0.717, 1.165) is 28.0 Å². The normalized spacial score (nSPS) is 10.6. The van der Waals surface area contributed by atoms with Crippen LogP contribution < -0.4 is 4.74 Å². The minimum atomic E-state index is -0.137. The minimum Gasteiger partial charge on any atom is -0.493 e. The van der Waals surface area contributed by atoms with Crippen molar-refractivity contribution in [1.82, 2.24) is 9.88 Å². The smallest absolute Gasteiger partial charge is 0.271 e. The first-order valence-electron chi connectivity index (χ1n) is 8.09. The highest BCUT2D eigenvalue weighted by atomic mass is 35.5. The fourth-order valence-corrected chi connectivity index (χ4v) is 3.05. The second-order valence-electron chi connectivity index (χ2n) is 5.85. The fraction of sp³-hybridized carbons (Fsp3) is 0.368. The zero-order valence-corrected chi connectivity index (χ0v) is 16.4. The molecule has 0 aliphatic heterocycles. The van der Waals surface area contributed by atoms with Crippen LogP contribution in [0.5, 0.6) is 5.75 Å². The van der Waals surface area contributed by atoms with Gasteiger partial charge in [0.2, 0.25) is 0 Å². The van der Waals surface area contributed by atoms with Crippen LogP contribution >= 0.6 is 23.2 Å². The van der Waals surface area contributed by atoms with Gasteiger partial charge in [0, 0.05) is 42.3 Å². The number of halogens is 2. The van der Waals surface area contributed by atoms with Gasteiger partial charge in [0.25, 0.3) is 5.91 Å². The molecule has 1 aromatic heterocycles. The summed E-state index contributed by atoms with van der Waals surface area (Å²) < 4.78 is 5.91. The average molecular weight is 381 g/mol. The predicted octanol–water partition coefficient (Wildman–Crippen LogP) is 4.59. The molecule has 134 valence electrons. The average Bonchev–Trinajstić information content (AvgIpc) is 2.59. The van der Waals surface area contributed by atoms with E-state index < -0.39 is 0 Å². The van der Waals surface area contributed by atoms with E-state index in [1.165, 1.54) is 4.90 Å². The number of rotatable bonds is 6. The third kappa shape index (κ3) is 4.25. The number of alkyl halides is 1. The molecule has 0 radical (unpaired) electrons. The third-order valence-corrected chi connectivity index (χ3v) is 4.46. The first kappa shape index (κ1) is 19.5. The molecule has 2 aromatic rings. The van der Waals surface area contributed by atoms with E-state index in [1.54, 1.807) is 26.4 Å². The fourth-order valence-electron chi connectivity index (χ4n) is 2.62. The number of benzene rings is 1. The molecule has 6 heteroatoms. The maximum Gasteiger partial charge on any atom is 0.271 e. The van der Waals surface area contributed by atoms with Crippen molar-refractivity contribution in [2.75, 3.05) is 26.6 Å². The molecule has 1 aromatic carbocycles. The van der Waals surface area contributed by atoms with Crippen LogP contribution in [0.1, 0.15) is 28.5 Å². The van der Waals surface area contributed by atoms with E-state index in [2.05, 4.69) is 4.98 Å². The number of pyridine rings is 1. The van der Waals surface area contributed by atoms with Crippen molar-refractivity contribution in [2.45, 2.75) is 20.3 Å². The molecule has 0 aliphatic carbocycles. The Morgan fingerprint density at radius 3 is 2.56 bits per heavy atom. The summed E-state index contributed by atoms with van der Waals surface area (Å²) in [6, 6.07) is 5.50. The molecule has 2 rings (SSSR count). The number of carbonyl (C=O) groups excluding carboxylic acids is 1. The van der Waals surface area contributed by atoms with Crippen LogP contribution in [-0.2, 0) is 6.42 Å². The lowest BCUT2D eigenvalue weighted by Crippen LogP contribution is -2.22. The number of nitrogens with zero attached hydrogens (tertiary/aromatic N) is 2. The minimum absolute atomic E-state index is 0.137. The molecule has 0 N–H and O–H groups in total. The lowest BCUT2D eigenvalue weighted by molar-refractivity contribution is 0.0822. The second kappa shape index (κ2) is 8.54. The van der Waals surface area contributed by atoms with Crippen molar-refractivity contribution >= 4 is 29.1 Å². The Labute approximate surface area is 158 Å². The Morgan fingerprint density at radius 1 is 1.32 bits per heavy atom. The molecule has 25 heavy (non-hydrogen) atoms. The highest BCUT2D eigenvalue weighted by Crippen LogP contribution is 2.40. The summed E-state index contributed by atoms with van der Waals surface area (Å²) >= 11 is 12.4. The summed E-state index contributed by atoms with van der Waals surface area (Å²) in [6.07, 6.45) is 2.34. The van der Waals surface area contributed by atoms with Crippen LogP contribution in [0.3, 0.4) is 0 Å². The van der Waals surface area contributed by atoms with Gasteiger partial charge in [0.05, 0.1) is 6.61 Å². The van der Waals surface area contributed by atoms with Gasteiger partial charge in [0.15, 0.2) is 0 Å². The number of aromatic nitrogens is 1. The van der Waals surface area contributed by atoms with Crippen LogP contribution in [0.25, 0.3) is 11.1 Å². The molecule has 0 unspecified atom stereocenters. The molecule has 0 aliphatic rings. The SMILES string of the molecule is CCOc1c(CCCl)cc(Cl)c(C)c1-c1ccc(C(=O)N(C)C)nc1. The van der Waals surface area contributed by atoms with Gasteiger partial charge < -0.3 is 9.64 Å². The van der Waals surface area contributed by atoms with Crippen molar-refractivity contribution < 1.29 is 9.53 Å². The van der Waals surface area contributed by atoms with E-state index in [9.17, 15) is 4.79 Å². The van der Waals surface area contributed by atoms with Gasteiger partial charge in [-0.05, 0) is 43.5 Å². The first-order chi connectivity index (χ1) is 11.9. The highest BCUT2D eigenvalue weighted by molar-refractivity contribution is 6.32. The molecule has 0 fully saturated rings. The Kier molecular flexibility index (Phi) is 6.68. The molecule has 0 atom stereocenters. The van der Waals surface area contributed by atoms with Gasteiger partial charge in [-0.1, -0.05) is 17.7 Å². The molecule has 4 nitrogen and oxygen atoms in total. The molecular formula is C19H22Cl2N2O2. The van der Waals surface area contributed by atoms with Gasteiger partial charge in [-0.25, -0.2) is 0 Å². The largest absolute Gasteiger partial charge is 0.493 e. The highest BCUT2D eigenvalue weighted by Gasteiger charge is 2.18. The monoisotopic (exact) mass is 380 g/mol. The van der Waals surface area contributed by atoms with E-state index in [1.807, 2.05) is 26.0 Å². The number of amides is 1. The molecule has 1 amide bonds. The maximum atomic E-state index is 12.0. The van der Waals surface area contributed by atoms with Gasteiger partial charge in [-0.15, -0.1) is 11.6 Å². The summed E-state index contributed by atoms with van der Waals surface area (Å²) in [6.45, 7) is 4.42. The molecule has 1 heterocycles. The molecule has 0 saturated carbocycles. The summed E-state index contributed by atoms with van der Waals surface area (Å²) in [5.74, 6) is 1.12. The summed E-state index contributed by atoms with van der Waals surface area (Å²) in [4.78, 5) is 17.8. The zero-order valence-electron chi connectivity index (χ0n) is 14.9. The van der Waals surface area contributed by atoms with Crippen molar-refractivity contribution in [3.8, 4) is 16.9 Å². The summed E-state index contributed by atoms with van der Waals surface area (Å²) in [5, 5.41) is 0.659. The van der Waals surface area contributed by atoms with Crippen molar-refractivity contribution in [2.24, 2.45) is 0 Å². The molecular weight excluding hydrogens is 359 g/mol. The maximum absolute atomic E-state index is 12.0. The number of aryl methyl sites for hydroxylation is 1. The van der Waals surface area contributed by atoms with Crippen LogP contribution in [0.4, 0.5) is 0 Å². The van der Waals surface area contributed by atoms with Crippen molar-refractivity contribution in [1.29, 1.82) is 0 Å². The van der Waals surface area contributed by atoms with E-state index in [-0.39, 0.29) is 5.91 Å². The Balaban J connectivity index is 2.58. The number of carbonyl (C=O) groups is 1. The van der Waals surface area contributed by atoms with Gasteiger partial charge >= 0.3 is 0 Å². The van der Waals surface area contributed by atoms with Crippen LogP contribution in [0, 0.1) is 6.92 Å². The number of ether oxygens (including phenoxy) is 1. The quantitative estimate of drug-likeness (QED) is 0.688. The van der Waals surface area contributed by atoms with Gasteiger partial charge in [-0.2, -0.15) is 0 Å². The van der Waals surface area contributed by atoms with Gasteiger partial charge in [-0.3, -0.25) is 9.78 Å². The lowest BCUT2D eigenvalue weighted by atomic mass is 9.96. The first-order valence-corrected chi connectivity index (χ1v) is 9.00. The molecule has 0 spiro atoms. The Morgan fingerprint density at radius 2 is 2.04 bits per heavy atom. The van der Waals surface area contributed by atoms with Gasteiger partial charge in [0.1, 0.15) is 11.4 Å². The Bertz CT molecular complexity index is 759. The number of hydrogen-bond donors (Lipinski definition) is 0. The van der Waals surface area contributed by atoms with Crippen LogP contribution in [-0.4, -0.2) is 42.4 Å². The third-order valence-electron chi connectivity index (χ3n) is 3.88. The van der Waals surface area contributed by atoms with Crippen molar-refractivity contribution in [3.05, 3.63) is 46.2 Å². The zero-order chi connectivity index (χ0) is 18.6. The second-order valence-corrected chi connectivity index (χ2v) is 6.64.